The van der Waals surface area contributed by atoms with Crippen molar-refractivity contribution < 1.29 is 26.7 Å². The van der Waals surface area contributed by atoms with E-state index in [9.17, 15) is 22.0 Å². The van der Waals surface area contributed by atoms with Gasteiger partial charge in [-0.2, -0.15) is 0 Å². The summed E-state index contributed by atoms with van der Waals surface area (Å²) >= 11 is 0. The number of ether oxygens (including phenoxy) is 1. The third-order valence-electron chi connectivity index (χ3n) is 1.70. The fraction of sp³-hybridized carbons (Fsp3) is 0.333. The van der Waals surface area contributed by atoms with E-state index in [4.69, 9.17) is 0 Å². The molecule has 0 radical (unpaired) electrons. The van der Waals surface area contributed by atoms with Gasteiger partial charge in [0.15, 0.2) is 0 Å². The molecular formula is C9H7F5O. The van der Waals surface area contributed by atoms with Crippen LogP contribution in [0.1, 0.15) is 17.6 Å². The lowest BCUT2D eigenvalue weighted by Crippen LogP contribution is -2.19. The molecule has 0 N–H and O–H groups in total. The SMILES string of the molecule is Cc1cccc(C(F)F)c1OC(F)(F)F. The van der Waals surface area contributed by atoms with Gasteiger partial charge >= 0.3 is 6.36 Å². The van der Waals surface area contributed by atoms with Gasteiger partial charge in [0.25, 0.3) is 6.43 Å². The maximum atomic E-state index is 12.3. The van der Waals surface area contributed by atoms with Crippen LogP contribution in [0.2, 0.25) is 0 Å². The van der Waals surface area contributed by atoms with E-state index >= 15 is 0 Å². The molecule has 0 bridgehead atoms. The summed E-state index contributed by atoms with van der Waals surface area (Å²) in [7, 11) is 0. The van der Waals surface area contributed by atoms with E-state index in [-0.39, 0.29) is 5.56 Å². The van der Waals surface area contributed by atoms with E-state index in [1.54, 1.807) is 0 Å². The minimum Gasteiger partial charge on any atom is -0.405 e. The van der Waals surface area contributed by atoms with Gasteiger partial charge < -0.3 is 4.74 Å². The summed E-state index contributed by atoms with van der Waals surface area (Å²) in [5, 5.41) is 0. The number of alkyl halides is 5. The highest BCUT2D eigenvalue weighted by molar-refractivity contribution is 5.41. The molecule has 0 spiro atoms. The van der Waals surface area contributed by atoms with Crippen LogP contribution in [0, 0.1) is 6.92 Å². The van der Waals surface area contributed by atoms with Crippen LogP contribution in [-0.4, -0.2) is 6.36 Å². The number of rotatable bonds is 2. The number of hydrogen-bond acceptors (Lipinski definition) is 1. The molecule has 0 saturated heterocycles. The number of aryl methyl sites for hydroxylation is 1. The Bertz CT molecular complexity index is 345. The van der Waals surface area contributed by atoms with Gasteiger partial charge in [-0.05, 0) is 18.6 Å². The highest BCUT2D eigenvalue weighted by atomic mass is 19.4. The highest BCUT2D eigenvalue weighted by Gasteiger charge is 2.33. The predicted octanol–water partition coefficient (Wildman–Crippen LogP) is 3.83. The highest BCUT2D eigenvalue weighted by Crippen LogP contribution is 2.35. The average molecular weight is 226 g/mol. The maximum Gasteiger partial charge on any atom is 0.573 e. The first-order valence-electron chi connectivity index (χ1n) is 3.94. The fourth-order valence-corrected chi connectivity index (χ4v) is 1.10. The van der Waals surface area contributed by atoms with Crippen molar-refractivity contribution in [2.24, 2.45) is 0 Å². The van der Waals surface area contributed by atoms with E-state index in [0.29, 0.717) is 0 Å². The molecule has 1 nitrogen and oxygen atoms in total. The minimum absolute atomic E-state index is 0.0186. The first-order valence-corrected chi connectivity index (χ1v) is 3.94. The topological polar surface area (TPSA) is 9.23 Å². The average Bonchev–Trinajstić information content (AvgIpc) is 2.05. The van der Waals surface area contributed by atoms with Gasteiger partial charge in [-0.1, -0.05) is 12.1 Å². The standard InChI is InChI=1S/C9H7F5O/c1-5-3-2-4-6(8(10)11)7(5)15-9(12,13)14/h2-4,8H,1H3. The molecule has 0 unspecified atom stereocenters. The van der Waals surface area contributed by atoms with Crippen LogP contribution in [-0.2, 0) is 0 Å². The molecule has 0 aromatic heterocycles. The molecule has 15 heavy (non-hydrogen) atoms. The molecule has 0 saturated carbocycles. The van der Waals surface area contributed by atoms with Crippen LogP contribution in [0.3, 0.4) is 0 Å². The maximum absolute atomic E-state index is 12.3. The van der Waals surface area contributed by atoms with E-state index in [0.717, 1.165) is 6.07 Å². The van der Waals surface area contributed by atoms with Crippen LogP contribution in [0.25, 0.3) is 0 Å². The second-order valence-corrected chi connectivity index (χ2v) is 2.84. The van der Waals surface area contributed by atoms with Crippen molar-refractivity contribution in [2.75, 3.05) is 0 Å². The summed E-state index contributed by atoms with van der Waals surface area (Å²) < 4.78 is 63.9. The molecule has 0 aliphatic rings. The first-order chi connectivity index (χ1) is 6.81. The zero-order valence-corrected chi connectivity index (χ0v) is 7.61. The van der Waals surface area contributed by atoms with Gasteiger partial charge in [0, 0.05) is 0 Å². The Morgan fingerprint density at radius 3 is 2.27 bits per heavy atom. The predicted molar refractivity (Wildman–Crippen MR) is 42.8 cm³/mol. The van der Waals surface area contributed by atoms with Gasteiger partial charge in [-0.15, -0.1) is 13.2 Å². The molecular weight excluding hydrogens is 219 g/mol. The quantitative estimate of drug-likeness (QED) is 0.696. The van der Waals surface area contributed by atoms with Gasteiger partial charge in [0.1, 0.15) is 5.75 Å². The van der Waals surface area contributed by atoms with Gasteiger partial charge in [-0.3, -0.25) is 0 Å². The number of para-hydroxylation sites is 1. The molecule has 0 amide bonds. The lowest BCUT2D eigenvalue weighted by Gasteiger charge is -2.14. The van der Waals surface area contributed by atoms with Gasteiger partial charge in [0.05, 0.1) is 5.56 Å². The molecule has 0 atom stereocenters. The molecule has 0 aliphatic heterocycles. The monoisotopic (exact) mass is 226 g/mol. The van der Waals surface area contributed by atoms with Gasteiger partial charge in [-0.25, -0.2) is 8.78 Å². The minimum atomic E-state index is -4.96. The molecule has 1 aromatic carbocycles. The normalized spacial score (nSPS) is 11.9. The second-order valence-electron chi connectivity index (χ2n) is 2.84. The molecule has 0 aliphatic carbocycles. The summed E-state index contributed by atoms with van der Waals surface area (Å²) in [4.78, 5) is 0. The largest absolute Gasteiger partial charge is 0.573 e. The van der Waals surface area contributed by atoms with E-state index < -0.39 is 24.1 Å². The van der Waals surface area contributed by atoms with Crippen molar-refractivity contribution in [2.45, 2.75) is 19.7 Å². The van der Waals surface area contributed by atoms with Gasteiger partial charge in [0.2, 0.25) is 0 Å². The summed E-state index contributed by atoms with van der Waals surface area (Å²) in [6.07, 6.45) is -7.96. The summed E-state index contributed by atoms with van der Waals surface area (Å²) in [5.41, 5.74) is -0.738. The van der Waals surface area contributed by atoms with Crippen LogP contribution in [0.5, 0.6) is 5.75 Å². The van der Waals surface area contributed by atoms with Crippen LogP contribution >= 0.6 is 0 Å². The molecule has 6 heteroatoms. The van der Waals surface area contributed by atoms with Crippen molar-refractivity contribution >= 4 is 0 Å². The van der Waals surface area contributed by atoms with E-state index in [1.807, 2.05) is 0 Å². The van der Waals surface area contributed by atoms with Crippen LogP contribution in [0.4, 0.5) is 22.0 Å². The Balaban J connectivity index is 3.14. The molecule has 1 aromatic rings. The van der Waals surface area contributed by atoms with Crippen molar-refractivity contribution in [1.29, 1.82) is 0 Å². The van der Waals surface area contributed by atoms with Crippen LogP contribution in [0.15, 0.2) is 18.2 Å². The van der Waals surface area contributed by atoms with Crippen LogP contribution < -0.4 is 4.74 Å². The summed E-state index contributed by atoms with van der Waals surface area (Å²) in [6.45, 7) is 1.27. The zero-order chi connectivity index (χ0) is 11.6. The third-order valence-corrected chi connectivity index (χ3v) is 1.70. The van der Waals surface area contributed by atoms with E-state index in [1.165, 1.54) is 19.1 Å². The molecule has 0 fully saturated rings. The molecule has 0 heterocycles. The van der Waals surface area contributed by atoms with Crippen molar-refractivity contribution in [3.8, 4) is 5.75 Å². The fourth-order valence-electron chi connectivity index (χ4n) is 1.10. The number of benzene rings is 1. The summed E-state index contributed by atoms with van der Waals surface area (Å²) in [6, 6.07) is 3.42. The number of hydrogen-bond donors (Lipinski definition) is 0. The Labute approximate surface area is 82.5 Å². The van der Waals surface area contributed by atoms with Crippen molar-refractivity contribution in [1.82, 2.24) is 0 Å². The van der Waals surface area contributed by atoms with Crippen molar-refractivity contribution in [3.05, 3.63) is 29.3 Å². The molecule has 1 rings (SSSR count). The Kier molecular flexibility index (Phi) is 3.16. The smallest absolute Gasteiger partial charge is 0.405 e. The second kappa shape index (κ2) is 4.04. The Morgan fingerprint density at radius 2 is 1.80 bits per heavy atom. The lowest BCUT2D eigenvalue weighted by molar-refractivity contribution is -0.275. The number of halogens is 5. The first kappa shape index (κ1) is 11.7. The van der Waals surface area contributed by atoms with Crippen molar-refractivity contribution in [3.63, 3.8) is 0 Å². The van der Waals surface area contributed by atoms with E-state index in [2.05, 4.69) is 4.74 Å². The lowest BCUT2D eigenvalue weighted by atomic mass is 10.1. The zero-order valence-electron chi connectivity index (χ0n) is 7.61. The Morgan fingerprint density at radius 1 is 1.20 bits per heavy atom. The molecule has 84 valence electrons. The Hall–Kier alpha value is -1.33. The summed E-state index contributed by atoms with van der Waals surface area (Å²) in [5.74, 6) is -0.819. The third kappa shape index (κ3) is 3.07.